The fourth-order valence-electron chi connectivity index (χ4n) is 5.26. The molecule has 0 amide bonds. The third-order valence-electron chi connectivity index (χ3n) is 6.65. The van der Waals surface area contributed by atoms with E-state index in [0.717, 1.165) is 12.5 Å². The summed E-state index contributed by atoms with van der Waals surface area (Å²) in [5.41, 5.74) is 5.56. The van der Waals surface area contributed by atoms with E-state index in [-0.39, 0.29) is 5.97 Å². The van der Waals surface area contributed by atoms with E-state index in [1.165, 1.54) is 44.0 Å². The zero-order chi connectivity index (χ0) is 17.0. The van der Waals surface area contributed by atoms with Gasteiger partial charge in [-0.1, -0.05) is 36.4 Å². The summed E-state index contributed by atoms with van der Waals surface area (Å²) in [7, 11) is 1.42. The number of esters is 1. The molecule has 3 atom stereocenters. The van der Waals surface area contributed by atoms with Crippen LogP contribution in [0.4, 0.5) is 0 Å². The van der Waals surface area contributed by atoms with E-state index < -0.39 is 0 Å². The Kier molecular flexibility index (Phi) is 3.29. The van der Waals surface area contributed by atoms with Crippen LogP contribution < -0.4 is 0 Å². The topological polar surface area (TPSA) is 29.5 Å². The Hall–Kier alpha value is -2.13. The average Bonchev–Trinajstić information content (AvgIpc) is 3.24. The number of rotatable bonds is 3. The second-order valence-electron chi connectivity index (χ2n) is 7.92. The molecule has 1 spiro atoms. The third-order valence-corrected chi connectivity index (χ3v) is 6.65. The van der Waals surface area contributed by atoms with Crippen molar-refractivity contribution < 1.29 is 9.53 Å². The standard InChI is InChI=1S/C22H23NO2/c1-25-21(24)16-8-6-15(7-9-16)13-23-14-19-12-22(19)11-18-5-3-2-4-17(18)10-20(22)23/h2-9,19-20H,10-14H2,1H3. The molecule has 0 bridgehead atoms. The third kappa shape index (κ3) is 2.33. The van der Waals surface area contributed by atoms with Crippen LogP contribution in [0.25, 0.3) is 0 Å². The van der Waals surface area contributed by atoms with Gasteiger partial charge in [-0.15, -0.1) is 0 Å². The van der Waals surface area contributed by atoms with E-state index in [4.69, 9.17) is 4.74 Å². The number of piperidine rings is 1. The van der Waals surface area contributed by atoms with E-state index >= 15 is 0 Å². The van der Waals surface area contributed by atoms with Crippen molar-refractivity contribution >= 4 is 5.97 Å². The van der Waals surface area contributed by atoms with Crippen LogP contribution in [0.15, 0.2) is 48.5 Å². The maximum Gasteiger partial charge on any atom is 0.337 e. The molecule has 3 nitrogen and oxygen atoms in total. The van der Waals surface area contributed by atoms with Gasteiger partial charge in [-0.05, 0) is 59.4 Å². The number of hydrogen-bond donors (Lipinski definition) is 0. The molecular formula is C22H23NO2. The highest BCUT2D eigenvalue weighted by molar-refractivity contribution is 5.89. The molecule has 0 radical (unpaired) electrons. The zero-order valence-electron chi connectivity index (χ0n) is 14.6. The van der Waals surface area contributed by atoms with Gasteiger partial charge < -0.3 is 4.74 Å². The highest BCUT2D eigenvalue weighted by Gasteiger charge is 2.66. The first-order valence-electron chi connectivity index (χ1n) is 9.18. The number of fused-ring (bicyclic) bond motifs is 1. The van der Waals surface area contributed by atoms with Crippen molar-refractivity contribution in [1.29, 1.82) is 0 Å². The van der Waals surface area contributed by atoms with Gasteiger partial charge >= 0.3 is 5.97 Å². The Morgan fingerprint density at radius 1 is 1.16 bits per heavy atom. The number of ether oxygens (including phenoxy) is 1. The Morgan fingerprint density at radius 3 is 2.68 bits per heavy atom. The van der Waals surface area contributed by atoms with Crippen molar-refractivity contribution in [2.24, 2.45) is 11.3 Å². The summed E-state index contributed by atoms with van der Waals surface area (Å²) in [4.78, 5) is 14.3. The minimum Gasteiger partial charge on any atom is -0.465 e. The minimum atomic E-state index is -0.267. The van der Waals surface area contributed by atoms with E-state index in [1.807, 2.05) is 12.1 Å². The molecule has 3 aliphatic rings. The van der Waals surface area contributed by atoms with E-state index in [2.05, 4.69) is 41.3 Å². The molecule has 1 saturated carbocycles. The van der Waals surface area contributed by atoms with Crippen LogP contribution in [0.5, 0.6) is 0 Å². The van der Waals surface area contributed by atoms with E-state index in [9.17, 15) is 4.79 Å². The van der Waals surface area contributed by atoms with Crippen molar-refractivity contribution in [3.8, 4) is 0 Å². The van der Waals surface area contributed by atoms with Gasteiger partial charge in [0.25, 0.3) is 0 Å². The maximum absolute atomic E-state index is 11.6. The second kappa shape index (κ2) is 5.43. The lowest BCUT2D eigenvalue weighted by Crippen LogP contribution is -2.41. The molecule has 128 valence electrons. The molecule has 1 saturated heterocycles. The molecule has 1 aliphatic heterocycles. The van der Waals surface area contributed by atoms with E-state index in [1.54, 1.807) is 5.56 Å². The summed E-state index contributed by atoms with van der Waals surface area (Å²) < 4.78 is 4.78. The number of likely N-dealkylation sites (tertiary alicyclic amines) is 1. The normalized spacial score (nSPS) is 29.5. The van der Waals surface area contributed by atoms with Gasteiger partial charge in [-0.3, -0.25) is 4.90 Å². The molecule has 2 aromatic carbocycles. The summed E-state index contributed by atoms with van der Waals surface area (Å²) in [6, 6.07) is 17.6. The molecule has 2 aromatic rings. The summed E-state index contributed by atoms with van der Waals surface area (Å²) >= 11 is 0. The van der Waals surface area contributed by atoms with Gasteiger partial charge in [-0.25, -0.2) is 4.79 Å². The molecule has 1 heterocycles. The summed E-state index contributed by atoms with van der Waals surface area (Å²) in [5, 5.41) is 0. The first kappa shape index (κ1) is 15.2. The molecule has 0 N–H and O–H groups in total. The Labute approximate surface area is 148 Å². The van der Waals surface area contributed by atoms with Gasteiger partial charge in [0.05, 0.1) is 12.7 Å². The van der Waals surface area contributed by atoms with Crippen molar-refractivity contribution in [3.05, 3.63) is 70.8 Å². The zero-order valence-corrected chi connectivity index (χ0v) is 14.6. The summed E-state index contributed by atoms with van der Waals surface area (Å²) in [6.45, 7) is 2.20. The predicted octanol–water partition coefficient (Wildman–Crippen LogP) is 3.46. The van der Waals surface area contributed by atoms with Gasteiger partial charge in [-0.2, -0.15) is 0 Å². The molecule has 2 aliphatic carbocycles. The van der Waals surface area contributed by atoms with Crippen molar-refractivity contribution in [3.63, 3.8) is 0 Å². The van der Waals surface area contributed by atoms with Gasteiger partial charge in [0.1, 0.15) is 0 Å². The monoisotopic (exact) mass is 333 g/mol. The van der Waals surface area contributed by atoms with Crippen LogP contribution in [-0.2, 0) is 24.1 Å². The van der Waals surface area contributed by atoms with Crippen molar-refractivity contribution in [1.82, 2.24) is 4.90 Å². The molecular weight excluding hydrogens is 310 g/mol. The largest absolute Gasteiger partial charge is 0.465 e. The molecule has 2 fully saturated rings. The van der Waals surface area contributed by atoms with Gasteiger partial charge in [0, 0.05) is 19.1 Å². The molecule has 0 aromatic heterocycles. The SMILES string of the molecule is COC(=O)c1ccc(CN2CC3CC34Cc3ccccc3CC24)cc1. The predicted molar refractivity (Wildman–Crippen MR) is 96.4 cm³/mol. The smallest absolute Gasteiger partial charge is 0.337 e. The quantitative estimate of drug-likeness (QED) is 0.806. The van der Waals surface area contributed by atoms with Crippen molar-refractivity contribution in [2.75, 3.05) is 13.7 Å². The second-order valence-corrected chi connectivity index (χ2v) is 7.92. The summed E-state index contributed by atoms with van der Waals surface area (Å²) in [6.07, 6.45) is 3.85. The average molecular weight is 333 g/mol. The number of carbonyl (C=O) groups is 1. The first-order valence-corrected chi connectivity index (χ1v) is 9.18. The van der Waals surface area contributed by atoms with Crippen LogP contribution in [-0.4, -0.2) is 30.6 Å². The fourth-order valence-corrected chi connectivity index (χ4v) is 5.26. The van der Waals surface area contributed by atoms with Crippen LogP contribution >= 0.6 is 0 Å². The molecule has 5 rings (SSSR count). The number of nitrogens with zero attached hydrogens (tertiary/aromatic N) is 1. The van der Waals surface area contributed by atoms with Crippen molar-refractivity contribution in [2.45, 2.75) is 31.8 Å². The van der Waals surface area contributed by atoms with Crippen LogP contribution in [0.3, 0.4) is 0 Å². The fraction of sp³-hybridized carbons (Fsp3) is 0.409. The van der Waals surface area contributed by atoms with Crippen LogP contribution in [0.1, 0.15) is 33.5 Å². The Morgan fingerprint density at radius 2 is 1.92 bits per heavy atom. The van der Waals surface area contributed by atoms with Gasteiger partial charge in [0.15, 0.2) is 0 Å². The number of benzene rings is 2. The highest BCUT2D eigenvalue weighted by Crippen LogP contribution is 2.65. The Bertz CT molecular complexity index is 828. The Balaban J connectivity index is 1.36. The maximum atomic E-state index is 11.6. The highest BCUT2D eigenvalue weighted by atomic mass is 16.5. The lowest BCUT2D eigenvalue weighted by atomic mass is 9.77. The number of carbonyl (C=O) groups excluding carboxylic acids is 1. The molecule has 3 unspecified atom stereocenters. The number of methoxy groups -OCH3 is 1. The van der Waals surface area contributed by atoms with Crippen LogP contribution in [0, 0.1) is 11.3 Å². The molecule has 3 heteroatoms. The van der Waals surface area contributed by atoms with E-state index in [0.29, 0.717) is 17.0 Å². The first-order chi connectivity index (χ1) is 12.2. The molecule has 25 heavy (non-hydrogen) atoms. The lowest BCUT2D eigenvalue weighted by molar-refractivity contribution is 0.0600. The number of hydrogen-bond acceptors (Lipinski definition) is 3. The van der Waals surface area contributed by atoms with Gasteiger partial charge in [0.2, 0.25) is 0 Å². The minimum absolute atomic E-state index is 0.267. The van der Waals surface area contributed by atoms with Crippen LogP contribution in [0.2, 0.25) is 0 Å². The summed E-state index contributed by atoms with van der Waals surface area (Å²) in [5.74, 6) is 0.608. The lowest BCUT2D eigenvalue weighted by Gasteiger charge is -2.37.